The van der Waals surface area contributed by atoms with E-state index in [1.165, 1.54) is 6.07 Å². The summed E-state index contributed by atoms with van der Waals surface area (Å²) < 4.78 is 29.0. The third-order valence-electron chi connectivity index (χ3n) is 1.27. The van der Waals surface area contributed by atoms with E-state index in [0.29, 0.717) is 15.9 Å². The van der Waals surface area contributed by atoms with Gasteiger partial charge in [0.15, 0.2) is 0 Å². The molecule has 0 spiro atoms. The van der Waals surface area contributed by atoms with Crippen LogP contribution in [-0.2, 0) is 0 Å². The molecule has 0 aliphatic heterocycles. The molecule has 2 N–H and O–H groups in total. The van der Waals surface area contributed by atoms with E-state index in [4.69, 9.17) is 10.5 Å². The highest BCUT2D eigenvalue weighted by atomic mass is 79.9. The first-order chi connectivity index (χ1) is 6.08. The summed E-state index contributed by atoms with van der Waals surface area (Å²) in [5.74, 6) is 0.340. The number of alkyl halides is 2. The molecule has 72 valence electrons. The number of nitrogen functional groups attached to an aromatic ring is 1. The molecule has 1 rings (SSSR count). The molecule has 0 aliphatic carbocycles. The number of rotatable bonds is 3. The minimum absolute atomic E-state index is 0.340. The Kier molecular flexibility index (Phi) is 3.48. The van der Waals surface area contributed by atoms with Gasteiger partial charge in [-0.15, -0.1) is 0 Å². The minimum atomic E-state index is -2.47. The first kappa shape index (κ1) is 10.2. The van der Waals surface area contributed by atoms with Crippen LogP contribution in [0.2, 0.25) is 0 Å². The highest BCUT2D eigenvalue weighted by molar-refractivity contribution is 9.10. The van der Waals surface area contributed by atoms with E-state index in [-0.39, 0.29) is 0 Å². The molecule has 13 heavy (non-hydrogen) atoms. The van der Waals surface area contributed by atoms with Crippen molar-refractivity contribution in [1.29, 1.82) is 0 Å². The third kappa shape index (κ3) is 3.59. The molecule has 0 unspecified atom stereocenters. The molecule has 0 atom stereocenters. The van der Waals surface area contributed by atoms with Crippen LogP contribution in [0.5, 0.6) is 5.75 Å². The zero-order chi connectivity index (χ0) is 9.84. The summed E-state index contributed by atoms with van der Waals surface area (Å²) in [6.07, 6.45) is -2.47. The van der Waals surface area contributed by atoms with Crippen LogP contribution in [0.1, 0.15) is 0 Å². The molecule has 1 aromatic carbocycles. The van der Waals surface area contributed by atoms with Crippen molar-refractivity contribution < 1.29 is 13.5 Å². The Morgan fingerprint density at radius 3 is 2.62 bits per heavy atom. The standard InChI is InChI=1S/C8H8BrF2NO/c9-5-1-6(12)3-7(2-5)13-4-8(10)11/h1-3,8H,4,12H2. The second-order valence-electron chi connectivity index (χ2n) is 2.42. The minimum Gasteiger partial charge on any atom is -0.488 e. The molecule has 0 heterocycles. The van der Waals surface area contributed by atoms with Crippen LogP contribution in [0.3, 0.4) is 0 Å². The zero-order valence-corrected chi connectivity index (χ0v) is 8.22. The second-order valence-corrected chi connectivity index (χ2v) is 3.34. The lowest BCUT2D eigenvalue weighted by Gasteiger charge is -2.06. The van der Waals surface area contributed by atoms with Crippen LogP contribution >= 0.6 is 15.9 Å². The molecule has 0 amide bonds. The predicted octanol–water partition coefficient (Wildman–Crippen LogP) is 2.68. The molecule has 0 bridgehead atoms. The number of benzene rings is 1. The Morgan fingerprint density at radius 2 is 2.08 bits per heavy atom. The van der Waals surface area contributed by atoms with Crippen LogP contribution in [-0.4, -0.2) is 13.0 Å². The summed E-state index contributed by atoms with van der Waals surface area (Å²) >= 11 is 3.17. The second kappa shape index (κ2) is 4.41. The molecule has 0 aliphatic rings. The maximum absolute atomic E-state index is 11.8. The van der Waals surface area contributed by atoms with E-state index >= 15 is 0 Å². The van der Waals surface area contributed by atoms with Gasteiger partial charge in [-0.25, -0.2) is 8.78 Å². The van der Waals surface area contributed by atoms with Gasteiger partial charge in [0.2, 0.25) is 0 Å². The van der Waals surface area contributed by atoms with Crippen molar-refractivity contribution in [1.82, 2.24) is 0 Å². The first-order valence-corrected chi connectivity index (χ1v) is 4.34. The molecule has 1 aromatic rings. The molecule has 2 nitrogen and oxygen atoms in total. The van der Waals surface area contributed by atoms with E-state index in [0.717, 1.165) is 0 Å². The summed E-state index contributed by atoms with van der Waals surface area (Å²) in [5.41, 5.74) is 5.94. The largest absolute Gasteiger partial charge is 0.488 e. The van der Waals surface area contributed by atoms with Gasteiger partial charge in [0, 0.05) is 16.2 Å². The number of halogens is 3. The van der Waals surface area contributed by atoms with Crippen LogP contribution in [0, 0.1) is 0 Å². The number of anilines is 1. The van der Waals surface area contributed by atoms with Gasteiger partial charge < -0.3 is 10.5 Å². The van der Waals surface area contributed by atoms with Crippen molar-refractivity contribution >= 4 is 21.6 Å². The fraction of sp³-hybridized carbons (Fsp3) is 0.250. The SMILES string of the molecule is Nc1cc(Br)cc(OCC(F)F)c1. The molecule has 5 heteroatoms. The summed E-state index contributed by atoms with van der Waals surface area (Å²) in [7, 11) is 0. The topological polar surface area (TPSA) is 35.2 Å². The van der Waals surface area contributed by atoms with Crippen LogP contribution < -0.4 is 10.5 Å². The van der Waals surface area contributed by atoms with Gasteiger partial charge in [-0.3, -0.25) is 0 Å². The lowest BCUT2D eigenvalue weighted by Crippen LogP contribution is -2.07. The van der Waals surface area contributed by atoms with Crippen molar-refractivity contribution in [2.45, 2.75) is 6.43 Å². The quantitative estimate of drug-likeness (QED) is 0.839. The van der Waals surface area contributed by atoms with Gasteiger partial charge in [-0.05, 0) is 12.1 Å². The van der Waals surface area contributed by atoms with E-state index in [9.17, 15) is 8.78 Å². The average Bonchev–Trinajstić information content (AvgIpc) is 1.99. The van der Waals surface area contributed by atoms with Gasteiger partial charge in [-0.2, -0.15) is 0 Å². The molecule has 0 fully saturated rings. The molecular formula is C8H8BrF2NO. The monoisotopic (exact) mass is 251 g/mol. The fourth-order valence-electron chi connectivity index (χ4n) is 0.827. The number of hydrogen-bond acceptors (Lipinski definition) is 2. The van der Waals surface area contributed by atoms with Gasteiger partial charge in [0.1, 0.15) is 12.4 Å². The maximum atomic E-state index is 11.8. The van der Waals surface area contributed by atoms with Gasteiger partial charge in [0.25, 0.3) is 6.43 Å². The molecular weight excluding hydrogens is 244 g/mol. The van der Waals surface area contributed by atoms with Crippen LogP contribution in [0.4, 0.5) is 14.5 Å². The Morgan fingerprint density at radius 1 is 1.38 bits per heavy atom. The van der Waals surface area contributed by atoms with Crippen LogP contribution in [0.15, 0.2) is 22.7 Å². The van der Waals surface area contributed by atoms with E-state index in [2.05, 4.69) is 15.9 Å². The Bertz CT molecular complexity index is 273. The molecule has 0 aromatic heterocycles. The summed E-state index contributed by atoms with van der Waals surface area (Å²) in [5, 5.41) is 0. The number of hydrogen-bond donors (Lipinski definition) is 1. The third-order valence-corrected chi connectivity index (χ3v) is 1.73. The van der Waals surface area contributed by atoms with Crippen molar-refractivity contribution in [3.63, 3.8) is 0 Å². The van der Waals surface area contributed by atoms with E-state index in [1.54, 1.807) is 12.1 Å². The van der Waals surface area contributed by atoms with Gasteiger partial charge in [0.05, 0.1) is 0 Å². The Hall–Kier alpha value is -0.840. The van der Waals surface area contributed by atoms with E-state index < -0.39 is 13.0 Å². The highest BCUT2D eigenvalue weighted by Gasteiger charge is 2.04. The smallest absolute Gasteiger partial charge is 0.272 e. The average molecular weight is 252 g/mol. The summed E-state index contributed by atoms with van der Waals surface area (Å²) in [6.45, 7) is -0.615. The van der Waals surface area contributed by atoms with Gasteiger partial charge >= 0.3 is 0 Å². The normalized spacial score (nSPS) is 10.5. The molecule has 0 saturated heterocycles. The van der Waals surface area contributed by atoms with Crippen molar-refractivity contribution in [2.24, 2.45) is 0 Å². The maximum Gasteiger partial charge on any atom is 0.272 e. The van der Waals surface area contributed by atoms with Crippen LogP contribution in [0.25, 0.3) is 0 Å². The Balaban J connectivity index is 2.66. The number of ether oxygens (including phenoxy) is 1. The van der Waals surface area contributed by atoms with Gasteiger partial charge in [-0.1, -0.05) is 15.9 Å². The fourth-order valence-corrected chi connectivity index (χ4v) is 1.32. The molecule has 0 radical (unpaired) electrons. The summed E-state index contributed by atoms with van der Waals surface area (Å²) in [6, 6.07) is 4.74. The van der Waals surface area contributed by atoms with Crippen molar-refractivity contribution in [3.05, 3.63) is 22.7 Å². The van der Waals surface area contributed by atoms with Crippen molar-refractivity contribution in [2.75, 3.05) is 12.3 Å². The van der Waals surface area contributed by atoms with E-state index in [1.807, 2.05) is 0 Å². The lowest BCUT2D eigenvalue weighted by atomic mass is 10.3. The summed E-state index contributed by atoms with van der Waals surface area (Å²) in [4.78, 5) is 0. The first-order valence-electron chi connectivity index (χ1n) is 3.55. The molecule has 0 saturated carbocycles. The zero-order valence-electron chi connectivity index (χ0n) is 6.64. The highest BCUT2D eigenvalue weighted by Crippen LogP contribution is 2.22. The number of nitrogens with two attached hydrogens (primary N) is 1. The lowest BCUT2D eigenvalue weighted by molar-refractivity contribution is 0.0819. The van der Waals surface area contributed by atoms with Crippen molar-refractivity contribution in [3.8, 4) is 5.75 Å². The Labute approximate surface area is 82.8 Å². The predicted molar refractivity (Wildman–Crippen MR) is 50.1 cm³/mol.